The van der Waals surface area contributed by atoms with E-state index in [1.54, 1.807) is 0 Å². The fourth-order valence-electron chi connectivity index (χ4n) is 0.827. The van der Waals surface area contributed by atoms with Crippen molar-refractivity contribution >= 4 is 0 Å². The standard InChI is InChI=1S/C10H20/c1-7-9(4)10(5,6)8(2)3/h7-8H,1-6H3/b9-7+. The number of rotatable bonds is 2. The third-order valence-corrected chi connectivity index (χ3v) is 2.89. The van der Waals surface area contributed by atoms with E-state index < -0.39 is 0 Å². The van der Waals surface area contributed by atoms with Crippen molar-refractivity contribution in [3.05, 3.63) is 11.6 Å². The first kappa shape index (κ1) is 9.74. The Morgan fingerprint density at radius 3 is 1.80 bits per heavy atom. The minimum atomic E-state index is 0.370. The van der Waals surface area contributed by atoms with Gasteiger partial charge in [-0.15, -0.1) is 0 Å². The number of hydrogen-bond donors (Lipinski definition) is 0. The molecule has 0 unspecified atom stereocenters. The zero-order valence-corrected chi connectivity index (χ0v) is 8.15. The summed E-state index contributed by atoms with van der Waals surface area (Å²) in [4.78, 5) is 0. The molecule has 0 atom stereocenters. The van der Waals surface area contributed by atoms with Gasteiger partial charge >= 0.3 is 0 Å². The van der Waals surface area contributed by atoms with Gasteiger partial charge in [0.25, 0.3) is 0 Å². The molecule has 0 bridgehead atoms. The second kappa shape index (κ2) is 3.23. The van der Waals surface area contributed by atoms with Crippen molar-refractivity contribution in [2.75, 3.05) is 0 Å². The smallest absolute Gasteiger partial charge is 0.0125 e. The molecule has 0 radical (unpaired) electrons. The van der Waals surface area contributed by atoms with E-state index in [0.717, 1.165) is 5.92 Å². The van der Waals surface area contributed by atoms with Gasteiger partial charge in [-0.3, -0.25) is 0 Å². The van der Waals surface area contributed by atoms with Gasteiger partial charge in [-0.1, -0.05) is 39.3 Å². The molecule has 0 aliphatic carbocycles. The predicted octanol–water partition coefficient (Wildman–Crippen LogP) is 3.63. The average Bonchev–Trinajstić information content (AvgIpc) is 1.86. The van der Waals surface area contributed by atoms with E-state index in [9.17, 15) is 0 Å². The van der Waals surface area contributed by atoms with Crippen LogP contribution in [0.25, 0.3) is 0 Å². The Balaban J connectivity index is 4.40. The largest absolute Gasteiger partial charge is 0.0882 e. The maximum Gasteiger partial charge on any atom is -0.0125 e. The normalized spacial score (nSPS) is 14.5. The van der Waals surface area contributed by atoms with Crippen LogP contribution < -0.4 is 0 Å². The van der Waals surface area contributed by atoms with Gasteiger partial charge in [0.2, 0.25) is 0 Å². The third kappa shape index (κ3) is 1.86. The van der Waals surface area contributed by atoms with Gasteiger partial charge in [0.05, 0.1) is 0 Å². The van der Waals surface area contributed by atoms with Crippen molar-refractivity contribution in [1.29, 1.82) is 0 Å². The van der Waals surface area contributed by atoms with Crippen molar-refractivity contribution in [1.82, 2.24) is 0 Å². The molecule has 0 amide bonds. The molecular formula is C10H20. The van der Waals surface area contributed by atoms with Crippen LogP contribution in [0.4, 0.5) is 0 Å². The first-order valence-corrected chi connectivity index (χ1v) is 4.06. The molecule has 0 aliphatic rings. The van der Waals surface area contributed by atoms with Gasteiger partial charge in [-0.25, -0.2) is 0 Å². The maximum atomic E-state index is 2.30. The SMILES string of the molecule is C/C=C(\C)C(C)(C)C(C)C. The molecule has 0 nitrogen and oxygen atoms in total. The highest BCUT2D eigenvalue weighted by Crippen LogP contribution is 2.33. The zero-order valence-electron chi connectivity index (χ0n) is 8.15. The van der Waals surface area contributed by atoms with Crippen molar-refractivity contribution in [3.63, 3.8) is 0 Å². The summed E-state index contributed by atoms with van der Waals surface area (Å²) in [5.41, 5.74) is 1.86. The highest BCUT2D eigenvalue weighted by molar-refractivity contribution is 5.08. The van der Waals surface area contributed by atoms with Gasteiger partial charge in [-0.05, 0) is 25.2 Å². The molecule has 0 saturated heterocycles. The molecule has 0 aromatic rings. The van der Waals surface area contributed by atoms with Crippen LogP contribution in [0, 0.1) is 11.3 Å². The van der Waals surface area contributed by atoms with Crippen LogP contribution in [-0.4, -0.2) is 0 Å². The van der Waals surface area contributed by atoms with Crippen molar-refractivity contribution < 1.29 is 0 Å². The summed E-state index contributed by atoms with van der Waals surface area (Å²) in [5.74, 6) is 0.726. The summed E-state index contributed by atoms with van der Waals surface area (Å²) in [7, 11) is 0. The van der Waals surface area contributed by atoms with E-state index >= 15 is 0 Å². The summed E-state index contributed by atoms with van der Waals surface area (Å²) in [6, 6.07) is 0. The van der Waals surface area contributed by atoms with Crippen LogP contribution in [-0.2, 0) is 0 Å². The number of allylic oxidation sites excluding steroid dienone is 2. The maximum absolute atomic E-state index is 2.30. The third-order valence-electron chi connectivity index (χ3n) is 2.89. The lowest BCUT2D eigenvalue weighted by Gasteiger charge is -2.30. The van der Waals surface area contributed by atoms with Crippen LogP contribution in [0.5, 0.6) is 0 Å². The average molecular weight is 140 g/mol. The van der Waals surface area contributed by atoms with Gasteiger partial charge < -0.3 is 0 Å². The molecule has 0 aliphatic heterocycles. The Morgan fingerprint density at radius 1 is 1.30 bits per heavy atom. The zero-order chi connectivity index (χ0) is 8.36. The van der Waals surface area contributed by atoms with E-state index in [4.69, 9.17) is 0 Å². The van der Waals surface area contributed by atoms with Crippen LogP contribution >= 0.6 is 0 Å². The van der Waals surface area contributed by atoms with Gasteiger partial charge in [0, 0.05) is 0 Å². The van der Waals surface area contributed by atoms with Crippen LogP contribution in [0.1, 0.15) is 41.5 Å². The van der Waals surface area contributed by atoms with Crippen LogP contribution in [0.3, 0.4) is 0 Å². The molecule has 0 rings (SSSR count). The molecule has 60 valence electrons. The fraction of sp³-hybridized carbons (Fsp3) is 0.800. The Hall–Kier alpha value is -0.260. The monoisotopic (exact) mass is 140 g/mol. The Morgan fingerprint density at radius 2 is 1.70 bits per heavy atom. The van der Waals surface area contributed by atoms with Crippen molar-refractivity contribution in [2.45, 2.75) is 41.5 Å². The molecule has 0 aromatic heterocycles. The summed E-state index contributed by atoms with van der Waals surface area (Å²) in [5, 5.41) is 0. The van der Waals surface area contributed by atoms with Crippen molar-refractivity contribution in [3.8, 4) is 0 Å². The minimum Gasteiger partial charge on any atom is -0.0882 e. The Kier molecular flexibility index (Phi) is 3.14. The lowest BCUT2D eigenvalue weighted by molar-refractivity contribution is 0.309. The van der Waals surface area contributed by atoms with Gasteiger partial charge in [0.1, 0.15) is 0 Å². The fourth-order valence-corrected chi connectivity index (χ4v) is 0.827. The molecular weight excluding hydrogens is 120 g/mol. The Labute approximate surface area is 65.3 Å². The first-order chi connectivity index (χ1) is 4.42. The first-order valence-electron chi connectivity index (χ1n) is 4.06. The molecule has 0 heteroatoms. The molecule has 10 heavy (non-hydrogen) atoms. The van der Waals surface area contributed by atoms with E-state index in [2.05, 4.69) is 47.6 Å². The summed E-state index contributed by atoms with van der Waals surface area (Å²) >= 11 is 0. The molecule has 0 saturated carbocycles. The molecule has 0 spiro atoms. The van der Waals surface area contributed by atoms with E-state index in [0.29, 0.717) is 5.41 Å². The van der Waals surface area contributed by atoms with Crippen LogP contribution in [0.15, 0.2) is 11.6 Å². The van der Waals surface area contributed by atoms with Gasteiger partial charge in [-0.2, -0.15) is 0 Å². The lowest BCUT2D eigenvalue weighted by Crippen LogP contribution is -2.20. The molecule has 0 aromatic carbocycles. The van der Waals surface area contributed by atoms with Gasteiger partial charge in [0.15, 0.2) is 0 Å². The van der Waals surface area contributed by atoms with E-state index in [1.165, 1.54) is 5.57 Å². The quantitative estimate of drug-likeness (QED) is 0.514. The predicted molar refractivity (Wildman–Crippen MR) is 48.1 cm³/mol. The Bertz CT molecular complexity index is 127. The van der Waals surface area contributed by atoms with Crippen molar-refractivity contribution in [2.24, 2.45) is 11.3 Å². The van der Waals surface area contributed by atoms with E-state index in [1.807, 2.05) is 0 Å². The second-order valence-corrected chi connectivity index (χ2v) is 3.85. The topological polar surface area (TPSA) is 0 Å². The second-order valence-electron chi connectivity index (χ2n) is 3.85. The highest BCUT2D eigenvalue weighted by Gasteiger charge is 2.23. The summed E-state index contributed by atoms with van der Waals surface area (Å²) in [6.45, 7) is 13.5. The molecule has 0 N–H and O–H groups in total. The lowest BCUT2D eigenvalue weighted by atomic mass is 9.75. The molecule has 0 fully saturated rings. The summed E-state index contributed by atoms with van der Waals surface area (Å²) < 4.78 is 0. The van der Waals surface area contributed by atoms with E-state index in [-0.39, 0.29) is 0 Å². The number of hydrogen-bond acceptors (Lipinski definition) is 0. The molecule has 0 heterocycles. The minimum absolute atomic E-state index is 0.370. The highest BCUT2D eigenvalue weighted by atomic mass is 14.3. The van der Waals surface area contributed by atoms with Crippen LogP contribution in [0.2, 0.25) is 0 Å². The summed E-state index contributed by atoms with van der Waals surface area (Å²) in [6.07, 6.45) is 2.21.